The van der Waals surface area contributed by atoms with Gasteiger partial charge in [-0.25, -0.2) is 9.97 Å². The lowest BCUT2D eigenvalue weighted by molar-refractivity contribution is 0.194. The molecular weight excluding hydrogens is 340 g/mol. The minimum absolute atomic E-state index is 0. The topological polar surface area (TPSA) is 63.7 Å². The van der Waals surface area contributed by atoms with Crippen LogP contribution in [0.5, 0.6) is 5.88 Å². The van der Waals surface area contributed by atoms with Gasteiger partial charge in [0.1, 0.15) is 11.9 Å². The summed E-state index contributed by atoms with van der Waals surface area (Å²) in [6.45, 7) is 2.07. The molecule has 0 atom stereocenters. The Labute approximate surface area is 111 Å². The molecule has 1 fully saturated rings. The monoisotopic (exact) mass is 348 g/mol. The van der Waals surface area contributed by atoms with Crippen molar-refractivity contribution in [2.45, 2.75) is 25.4 Å². The minimum Gasteiger partial charge on any atom is -0.470 e. The molecule has 1 saturated carbocycles. The Morgan fingerprint density at radius 3 is 2.88 bits per heavy atom. The molecule has 2 heterocycles. The van der Waals surface area contributed by atoms with Gasteiger partial charge in [-0.2, -0.15) is 4.98 Å². The van der Waals surface area contributed by atoms with Crippen LogP contribution >= 0.6 is 32.9 Å². The van der Waals surface area contributed by atoms with E-state index in [1.54, 1.807) is 0 Å². The smallest absolute Gasteiger partial charge is 0.246 e. The number of ether oxygens (including phenoxy) is 1. The Hall–Kier alpha value is -0.690. The highest BCUT2D eigenvalue weighted by molar-refractivity contribution is 9.10. The summed E-state index contributed by atoms with van der Waals surface area (Å²) in [5.74, 6) is 0.557. The summed E-state index contributed by atoms with van der Waals surface area (Å²) < 4.78 is 6.43. The summed E-state index contributed by atoms with van der Waals surface area (Å²) in [5, 5.41) is 0. The Morgan fingerprint density at radius 1 is 1.44 bits per heavy atom. The van der Waals surface area contributed by atoms with Crippen molar-refractivity contribution in [3.8, 4) is 5.88 Å². The highest BCUT2D eigenvalue weighted by atomic mass is 79.9. The van der Waals surface area contributed by atoms with E-state index in [9.17, 15) is 0 Å². The second kappa shape index (κ2) is 3.96. The van der Waals surface area contributed by atoms with Gasteiger partial charge in [0.2, 0.25) is 5.88 Å². The molecule has 7 heteroatoms. The number of imidazole rings is 1. The van der Waals surface area contributed by atoms with E-state index in [2.05, 4.69) is 42.8 Å². The lowest BCUT2D eigenvalue weighted by Crippen LogP contribution is -2.13. The molecule has 0 spiro atoms. The first-order chi connectivity index (χ1) is 7.16. The average Bonchev–Trinajstić information content (AvgIpc) is 2.76. The summed E-state index contributed by atoms with van der Waals surface area (Å²) in [6, 6.07) is 0. The molecule has 0 bridgehead atoms. The van der Waals surface area contributed by atoms with E-state index < -0.39 is 0 Å². The van der Waals surface area contributed by atoms with Gasteiger partial charge in [0, 0.05) is 0 Å². The normalized spacial score (nSPS) is 16.9. The first-order valence-electron chi connectivity index (χ1n) is 4.72. The maximum Gasteiger partial charge on any atom is 0.246 e. The zero-order valence-electron chi connectivity index (χ0n) is 8.53. The molecule has 86 valence electrons. The zero-order chi connectivity index (χ0) is 10.5. The third-order valence-corrected chi connectivity index (χ3v) is 2.89. The molecule has 1 N–H and O–H groups in total. The SMILES string of the molecule is Br.CC1(Oc2ncnc3[nH]c(Br)nc23)CC1. The maximum atomic E-state index is 5.78. The van der Waals surface area contributed by atoms with Crippen molar-refractivity contribution >= 4 is 44.1 Å². The molecule has 0 saturated heterocycles. The quantitative estimate of drug-likeness (QED) is 0.846. The second-order valence-corrected chi connectivity index (χ2v) is 4.71. The van der Waals surface area contributed by atoms with Gasteiger partial charge in [-0.15, -0.1) is 17.0 Å². The van der Waals surface area contributed by atoms with Crippen LogP contribution in [-0.2, 0) is 0 Å². The summed E-state index contributed by atoms with van der Waals surface area (Å²) in [4.78, 5) is 15.4. The van der Waals surface area contributed by atoms with Crippen LogP contribution in [0.2, 0.25) is 0 Å². The molecule has 0 amide bonds. The van der Waals surface area contributed by atoms with Gasteiger partial charge in [-0.1, -0.05) is 0 Å². The molecule has 1 aliphatic carbocycles. The number of nitrogens with zero attached hydrogens (tertiary/aromatic N) is 3. The third kappa shape index (κ3) is 2.06. The fraction of sp³-hybridized carbons (Fsp3) is 0.444. The van der Waals surface area contributed by atoms with E-state index in [1.807, 2.05) is 0 Å². The fourth-order valence-corrected chi connectivity index (χ4v) is 1.73. The number of hydrogen-bond donors (Lipinski definition) is 1. The van der Waals surface area contributed by atoms with E-state index in [0.29, 0.717) is 21.8 Å². The summed E-state index contributed by atoms with van der Waals surface area (Å²) in [7, 11) is 0. The molecule has 0 aromatic carbocycles. The lowest BCUT2D eigenvalue weighted by Gasteiger charge is -2.10. The molecule has 0 unspecified atom stereocenters. The lowest BCUT2D eigenvalue weighted by atomic mass is 10.4. The molecule has 0 aliphatic heterocycles. The molecule has 1 aliphatic rings. The number of halogens is 2. The van der Waals surface area contributed by atoms with Gasteiger partial charge < -0.3 is 9.72 Å². The number of fused-ring (bicyclic) bond motifs is 1. The molecule has 5 nitrogen and oxygen atoms in total. The van der Waals surface area contributed by atoms with Gasteiger partial charge in [-0.05, 0) is 35.7 Å². The van der Waals surface area contributed by atoms with E-state index in [0.717, 1.165) is 12.8 Å². The van der Waals surface area contributed by atoms with Crippen molar-refractivity contribution in [3.63, 3.8) is 0 Å². The number of nitrogens with one attached hydrogen (secondary N) is 1. The largest absolute Gasteiger partial charge is 0.470 e. The van der Waals surface area contributed by atoms with Crippen LogP contribution in [-0.4, -0.2) is 25.5 Å². The molecule has 2 aromatic rings. The first kappa shape index (κ1) is 11.8. The second-order valence-electron chi connectivity index (χ2n) is 3.96. The zero-order valence-corrected chi connectivity index (χ0v) is 11.8. The van der Waals surface area contributed by atoms with Crippen LogP contribution in [0.15, 0.2) is 11.1 Å². The van der Waals surface area contributed by atoms with Crippen LogP contribution in [0.1, 0.15) is 19.8 Å². The molecule has 3 rings (SSSR count). The van der Waals surface area contributed by atoms with E-state index >= 15 is 0 Å². The van der Waals surface area contributed by atoms with E-state index in [1.165, 1.54) is 6.33 Å². The number of aromatic nitrogens is 4. The minimum atomic E-state index is -0.0489. The van der Waals surface area contributed by atoms with Gasteiger partial charge in [0.15, 0.2) is 15.9 Å². The van der Waals surface area contributed by atoms with Crippen molar-refractivity contribution in [3.05, 3.63) is 11.1 Å². The average molecular weight is 350 g/mol. The van der Waals surface area contributed by atoms with E-state index in [4.69, 9.17) is 4.74 Å². The molecule has 2 aromatic heterocycles. The fourth-order valence-electron chi connectivity index (χ4n) is 1.36. The van der Waals surface area contributed by atoms with Crippen molar-refractivity contribution < 1.29 is 4.74 Å². The Balaban J connectivity index is 0.000000963. The third-order valence-electron chi connectivity index (χ3n) is 2.52. The number of hydrogen-bond acceptors (Lipinski definition) is 4. The molecule has 16 heavy (non-hydrogen) atoms. The van der Waals surface area contributed by atoms with Crippen LogP contribution in [0.3, 0.4) is 0 Å². The summed E-state index contributed by atoms with van der Waals surface area (Å²) in [5.41, 5.74) is 1.32. The highest BCUT2D eigenvalue weighted by Gasteiger charge is 2.41. The van der Waals surface area contributed by atoms with Crippen LogP contribution in [0.4, 0.5) is 0 Å². The first-order valence-corrected chi connectivity index (χ1v) is 5.51. The van der Waals surface area contributed by atoms with E-state index in [-0.39, 0.29) is 22.6 Å². The van der Waals surface area contributed by atoms with Gasteiger partial charge in [0.25, 0.3) is 0 Å². The van der Waals surface area contributed by atoms with Crippen LogP contribution in [0, 0.1) is 0 Å². The predicted molar refractivity (Wildman–Crippen MR) is 68.0 cm³/mol. The summed E-state index contributed by atoms with van der Waals surface area (Å²) in [6.07, 6.45) is 3.63. The van der Waals surface area contributed by atoms with Crippen molar-refractivity contribution in [1.29, 1.82) is 0 Å². The Morgan fingerprint density at radius 2 is 2.19 bits per heavy atom. The number of aromatic amines is 1. The highest BCUT2D eigenvalue weighted by Crippen LogP contribution is 2.40. The van der Waals surface area contributed by atoms with Crippen molar-refractivity contribution in [2.75, 3.05) is 0 Å². The van der Waals surface area contributed by atoms with Crippen LogP contribution in [0.25, 0.3) is 11.2 Å². The van der Waals surface area contributed by atoms with Crippen molar-refractivity contribution in [1.82, 2.24) is 19.9 Å². The Bertz CT molecular complexity index is 523. The van der Waals surface area contributed by atoms with Crippen molar-refractivity contribution in [2.24, 2.45) is 0 Å². The standard InChI is InChI=1S/C9H9BrN4O.BrH/c1-9(2-3-9)15-7-5-6(11-4-12-7)14-8(10)13-5;/h4H,2-3H2,1H3,(H,11,12,13,14);1H. The maximum absolute atomic E-state index is 5.78. The van der Waals surface area contributed by atoms with Gasteiger partial charge >= 0.3 is 0 Å². The van der Waals surface area contributed by atoms with Gasteiger partial charge in [0.05, 0.1) is 0 Å². The number of H-pyrrole nitrogens is 1. The summed E-state index contributed by atoms with van der Waals surface area (Å²) >= 11 is 3.26. The number of rotatable bonds is 2. The predicted octanol–water partition coefficient (Wildman–Crippen LogP) is 2.62. The van der Waals surface area contributed by atoms with Crippen LogP contribution < -0.4 is 4.74 Å². The molecular formula is C9H10Br2N4O. The Kier molecular flexibility index (Phi) is 2.91. The molecule has 0 radical (unpaired) electrons. The van der Waals surface area contributed by atoms with Gasteiger partial charge in [-0.3, -0.25) is 0 Å².